The third-order valence-corrected chi connectivity index (χ3v) is 3.64. The van der Waals surface area contributed by atoms with Crippen LogP contribution < -0.4 is 5.43 Å². The van der Waals surface area contributed by atoms with Crippen LogP contribution in [0.25, 0.3) is 5.69 Å². The van der Waals surface area contributed by atoms with Crippen molar-refractivity contribution in [3.8, 4) is 5.69 Å². The fourth-order valence-corrected chi connectivity index (χ4v) is 2.32. The number of nitrogens with zero attached hydrogens (tertiary/aromatic N) is 2. The molecule has 1 amide bonds. The van der Waals surface area contributed by atoms with Gasteiger partial charge in [-0.1, -0.05) is 0 Å². The Bertz CT molecular complexity index is 960. The summed E-state index contributed by atoms with van der Waals surface area (Å²) in [5, 5.41) is 12.9. The van der Waals surface area contributed by atoms with Crippen LogP contribution >= 0.6 is 0 Å². The molecule has 3 aromatic rings. The lowest BCUT2D eigenvalue weighted by Gasteiger charge is -2.06. The maximum absolute atomic E-state index is 12.9. The molecule has 6 nitrogen and oxygen atoms in total. The first-order valence-electron chi connectivity index (χ1n) is 7.64. The Balaban J connectivity index is 1.72. The zero-order valence-corrected chi connectivity index (χ0v) is 13.5. The average Bonchev–Trinajstić information content (AvgIpc) is 3.10. The molecule has 130 valence electrons. The summed E-state index contributed by atoms with van der Waals surface area (Å²) in [5.41, 5.74) is 4.31. The van der Waals surface area contributed by atoms with Crippen LogP contribution in [-0.4, -0.2) is 27.8 Å². The fraction of sp³-hybridized carbons (Fsp3) is 0. The predicted molar refractivity (Wildman–Crippen MR) is 94.2 cm³/mol. The molecule has 7 heteroatoms. The monoisotopic (exact) mass is 351 g/mol. The van der Waals surface area contributed by atoms with Crippen LogP contribution in [0.15, 0.2) is 72.0 Å². The van der Waals surface area contributed by atoms with Crippen LogP contribution in [-0.2, 0) is 0 Å². The van der Waals surface area contributed by atoms with Gasteiger partial charge in [0.05, 0.1) is 17.5 Å². The lowest BCUT2D eigenvalue weighted by atomic mass is 10.2. The third kappa shape index (κ3) is 3.84. The van der Waals surface area contributed by atoms with Crippen LogP contribution in [0, 0.1) is 5.82 Å². The molecule has 0 radical (unpaired) electrons. The first kappa shape index (κ1) is 17.1. The molecule has 26 heavy (non-hydrogen) atoms. The smallest absolute Gasteiger partial charge is 0.335 e. The van der Waals surface area contributed by atoms with Gasteiger partial charge in [0.15, 0.2) is 0 Å². The molecule has 0 atom stereocenters. The maximum atomic E-state index is 12.9. The first-order valence-corrected chi connectivity index (χ1v) is 7.64. The Morgan fingerprint density at radius 2 is 1.65 bits per heavy atom. The van der Waals surface area contributed by atoms with Crippen molar-refractivity contribution in [2.45, 2.75) is 0 Å². The minimum absolute atomic E-state index is 0.197. The third-order valence-electron chi connectivity index (χ3n) is 3.64. The number of halogens is 1. The number of aromatic nitrogens is 1. The van der Waals surface area contributed by atoms with Gasteiger partial charge in [0, 0.05) is 17.4 Å². The minimum atomic E-state index is -0.991. The summed E-state index contributed by atoms with van der Waals surface area (Å²) in [6, 6.07) is 15.1. The Labute approximate surface area is 148 Å². The van der Waals surface area contributed by atoms with Crippen molar-refractivity contribution in [1.29, 1.82) is 0 Å². The van der Waals surface area contributed by atoms with E-state index < -0.39 is 17.7 Å². The lowest BCUT2D eigenvalue weighted by Crippen LogP contribution is -2.17. The zero-order valence-electron chi connectivity index (χ0n) is 13.5. The first-order chi connectivity index (χ1) is 12.5. The van der Waals surface area contributed by atoms with Gasteiger partial charge in [-0.25, -0.2) is 14.6 Å². The number of hydrazone groups is 1. The van der Waals surface area contributed by atoms with E-state index in [0.717, 1.165) is 5.69 Å². The van der Waals surface area contributed by atoms with Crippen molar-refractivity contribution in [3.05, 3.63) is 89.5 Å². The highest BCUT2D eigenvalue weighted by Crippen LogP contribution is 2.13. The summed E-state index contributed by atoms with van der Waals surface area (Å²) >= 11 is 0. The second kappa shape index (κ2) is 7.43. The molecule has 0 unspecified atom stereocenters. The summed E-state index contributed by atoms with van der Waals surface area (Å²) in [5.74, 6) is -1.86. The molecule has 3 rings (SSSR count). The molecule has 2 N–H and O–H groups in total. The summed E-state index contributed by atoms with van der Waals surface area (Å²) < 4.78 is 14.7. The number of benzene rings is 2. The molecule has 0 bridgehead atoms. The molecule has 2 aromatic carbocycles. The SMILES string of the molecule is O=C(O)c1ccc(-n2cccc2/C=N\NC(=O)c2ccc(F)cc2)cc1. The molecular formula is C19H14FN3O3. The highest BCUT2D eigenvalue weighted by molar-refractivity contribution is 5.94. The van der Waals surface area contributed by atoms with Crippen LogP contribution in [0.1, 0.15) is 26.4 Å². The van der Waals surface area contributed by atoms with E-state index in [1.165, 1.54) is 42.6 Å². The number of aromatic carboxylic acids is 1. The van der Waals surface area contributed by atoms with E-state index in [0.29, 0.717) is 11.3 Å². The molecule has 0 aliphatic rings. The lowest BCUT2D eigenvalue weighted by molar-refractivity contribution is 0.0696. The summed E-state index contributed by atoms with van der Waals surface area (Å²) in [6.07, 6.45) is 3.26. The Kier molecular flexibility index (Phi) is 4.89. The maximum Gasteiger partial charge on any atom is 0.335 e. The molecule has 0 saturated heterocycles. The Hall–Kier alpha value is -3.74. The topological polar surface area (TPSA) is 83.7 Å². The predicted octanol–water partition coefficient (Wildman–Crippen LogP) is 3.08. The normalized spacial score (nSPS) is 10.8. The highest BCUT2D eigenvalue weighted by Gasteiger charge is 2.06. The second-order valence-corrected chi connectivity index (χ2v) is 5.36. The standard InChI is InChI=1S/C19H14FN3O3/c20-15-7-3-13(4-8-15)18(24)22-21-12-17-2-1-11-23(17)16-9-5-14(6-10-16)19(25)26/h1-12H,(H,22,24)(H,25,26)/b21-12-. The van der Waals surface area contributed by atoms with Gasteiger partial charge in [-0.2, -0.15) is 5.10 Å². The largest absolute Gasteiger partial charge is 0.478 e. The van der Waals surface area contributed by atoms with E-state index in [2.05, 4.69) is 10.5 Å². The zero-order chi connectivity index (χ0) is 18.5. The van der Waals surface area contributed by atoms with E-state index in [1.54, 1.807) is 35.0 Å². The molecule has 0 spiro atoms. The molecular weight excluding hydrogens is 337 g/mol. The molecule has 0 saturated carbocycles. The van der Waals surface area contributed by atoms with Gasteiger partial charge < -0.3 is 9.67 Å². The average molecular weight is 351 g/mol. The number of carbonyl (C=O) groups is 2. The van der Waals surface area contributed by atoms with Crippen molar-refractivity contribution < 1.29 is 19.1 Å². The van der Waals surface area contributed by atoms with Gasteiger partial charge in [0.25, 0.3) is 5.91 Å². The van der Waals surface area contributed by atoms with Crippen LogP contribution in [0.3, 0.4) is 0 Å². The molecule has 1 aromatic heterocycles. The van der Waals surface area contributed by atoms with Crippen LogP contribution in [0.4, 0.5) is 4.39 Å². The highest BCUT2D eigenvalue weighted by atomic mass is 19.1. The quantitative estimate of drug-likeness (QED) is 0.547. The number of hydrogen-bond acceptors (Lipinski definition) is 3. The van der Waals surface area contributed by atoms with Gasteiger partial charge >= 0.3 is 5.97 Å². The summed E-state index contributed by atoms with van der Waals surface area (Å²) in [6.45, 7) is 0. The fourth-order valence-electron chi connectivity index (χ4n) is 2.32. The van der Waals surface area contributed by atoms with E-state index in [4.69, 9.17) is 5.11 Å². The van der Waals surface area contributed by atoms with Crippen molar-refractivity contribution in [1.82, 2.24) is 9.99 Å². The van der Waals surface area contributed by atoms with Crippen molar-refractivity contribution in [3.63, 3.8) is 0 Å². The van der Waals surface area contributed by atoms with E-state index in [1.807, 2.05) is 0 Å². The number of hydrogen-bond donors (Lipinski definition) is 2. The van der Waals surface area contributed by atoms with Gasteiger partial charge in [-0.05, 0) is 60.7 Å². The van der Waals surface area contributed by atoms with Gasteiger partial charge in [0.1, 0.15) is 5.82 Å². The Morgan fingerprint density at radius 3 is 2.31 bits per heavy atom. The van der Waals surface area contributed by atoms with E-state index >= 15 is 0 Å². The molecule has 0 aliphatic heterocycles. The molecule has 0 fully saturated rings. The van der Waals surface area contributed by atoms with Gasteiger partial charge in [0.2, 0.25) is 0 Å². The van der Waals surface area contributed by atoms with Crippen molar-refractivity contribution >= 4 is 18.1 Å². The molecule has 1 heterocycles. The number of rotatable bonds is 5. The number of amides is 1. The van der Waals surface area contributed by atoms with Crippen LogP contribution in [0.5, 0.6) is 0 Å². The second-order valence-electron chi connectivity index (χ2n) is 5.36. The Morgan fingerprint density at radius 1 is 1.00 bits per heavy atom. The number of carboxylic acids is 1. The minimum Gasteiger partial charge on any atom is -0.478 e. The van der Waals surface area contributed by atoms with Crippen LogP contribution in [0.2, 0.25) is 0 Å². The van der Waals surface area contributed by atoms with E-state index in [9.17, 15) is 14.0 Å². The van der Waals surface area contributed by atoms with Crippen molar-refractivity contribution in [2.75, 3.05) is 0 Å². The number of nitrogens with one attached hydrogen (secondary N) is 1. The summed E-state index contributed by atoms with van der Waals surface area (Å²) in [4.78, 5) is 22.8. The van der Waals surface area contributed by atoms with Crippen molar-refractivity contribution in [2.24, 2.45) is 5.10 Å². The van der Waals surface area contributed by atoms with E-state index in [-0.39, 0.29) is 5.56 Å². The number of carboxylic acid groups (broad SMARTS) is 1. The van der Waals surface area contributed by atoms with Gasteiger partial charge in [-0.3, -0.25) is 4.79 Å². The molecule has 0 aliphatic carbocycles. The van der Waals surface area contributed by atoms with Gasteiger partial charge in [-0.15, -0.1) is 0 Å². The number of carbonyl (C=O) groups excluding carboxylic acids is 1. The summed E-state index contributed by atoms with van der Waals surface area (Å²) in [7, 11) is 0.